The summed E-state index contributed by atoms with van der Waals surface area (Å²) < 4.78 is 1.68. The van der Waals surface area contributed by atoms with E-state index in [9.17, 15) is 14.7 Å². The number of carbonyl (C=O) groups is 1. The Morgan fingerprint density at radius 3 is 2.08 bits per heavy atom. The molecule has 6 rings (SSSR count). The zero-order valence-electron chi connectivity index (χ0n) is 19.8. The van der Waals surface area contributed by atoms with Crippen molar-refractivity contribution in [2.24, 2.45) is 0 Å². The molecule has 180 valence electrons. The maximum absolute atomic E-state index is 13.4. The highest BCUT2D eigenvalue weighted by Gasteiger charge is 2.36. The first kappa shape index (κ1) is 22.2. The lowest BCUT2D eigenvalue weighted by Gasteiger charge is -2.38. The number of hydrogen-bond acceptors (Lipinski definition) is 4. The number of amides is 1. The van der Waals surface area contributed by atoms with E-state index in [0.29, 0.717) is 13.0 Å². The zero-order valence-corrected chi connectivity index (χ0v) is 19.8. The molecule has 2 aliphatic rings. The molecule has 0 saturated heterocycles. The summed E-state index contributed by atoms with van der Waals surface area (Å²) in [7, 11) is 0. The van der Waals surface area contributed by atoms with Crippen molar-refractivity contribution >= 4 is 5.91 Å². The van der Waals surface area contributed by atoms with Gasteiger partial charge >= 0.3 is 0 Å². The zero-order chi connectivity index (χ0) is 24.6. The highest BCUT2D eigenvalue weighted by Crippen LogP contribution is 2.37. The Hall–Kier alpha value is -4.32. The van der Waals surface area contributed by atoms with E-state index < -0.39 is 17.1 Å². The van der Waals surface area contributed by atoms with E-state index in [-0.39, 0.29) is 17.8 Å². The van der Waals surface area contributed by atoms with Gasteiger partial charge in [0.2, 0.25) is 5.43 Å². The standard InChI is InChI=1S/C30H27N3O3/c34-26-16-17-32-28(29(26)35)30(36)31-23(18-20-8-2-1-3-9-20)19-33(32)27-24-12-6-4-10-21(24)14-15-22-11-5-7-13-25(22)27/h1-13,16-17,23,27,35H,14-15,18-19H2,(H,31,36)/t23-/m1/s1. The number of benzene rings is 3. The molecule has 1 atom stereocenters. The summed E-state index contributed by atoms with van der Waals surface area (Å²) in [4.78, 5) is 25.8. The van der Waals surface area contributed by atoms with Crippen LogP contribution in [-0.4, -0.2) is 28.3 Å². The fourth-order valence-electron chi connectivity index (χ4n) is 5.61. The number of fused-ring (bicyclic) bond motifs is 3. The summed E-state index contributed by atoms with van der Waals surface area (Å²) in [6, 6.07) is 27.8. The van der Waals surface area contributed by atoms with Crippen LogP contribution in [-0.2, 0) is 19.3 Å². The van der Waals surface area contributed by atoms with E-state index >= 15 is 0 Å². The van der Waals surface area contributed by atoms with Crippen LogP contribution >= 0.6 is 0 Å². The molecule has 0 bridgehead atoms. The molecule has 0 unspecified atom stereocenters. The fourth-order valence-corrected chi connectivity index (χ4v) is 5.61. The first-order valence-electron chi connectivity index (χ1n) is 12.3. The normalized spacial score (nSPS) is 17.3. The number of nitrogens with one attached hydrogen (secondary N) is 1. The van der Waals surface area contributed by atoms with E-state index in [1.807, 2.05) is 42.5 Å². The van der Waals surface area contributed by atoms with Crippen LogP contribution < -0.4 is 15.8 Å². The topological polar surface area (TPSA) is 74.6 Å². The van der Waals surface area contributed by atoms with E-state index in [2.05, 4.69) is 46.7 Å². The molecule has 0 spiro atoms. The monoisotopic (exact) mass is 477 g/mol. The average molecular weight is 478 g/mol. The molecule has 1 aliphatic carbocycles. The number of nitrogens with zero attached hydrogens (tertiary/aromatic N) is 2. The second-order valence-electron chi connectivity index (χ2n) is 9.50. The summed E-state index contributed by atoms with van der Waals surface area (Å²) in [5.41, 5.74) is 5.35. The Morgan fingerprint density at radius 2 is 1.42 bits per heavy atom. The summed E-state index contributed by atoms with van der Waals surface area (Å²) in [5.74, 6) is -0.987. The van der Waals surface area contributed by atoms with Gasteiger partial charge in [-0.2, -0.15) is 0 Å². The molecular formula is C30H27N3O3. The Bertz CT molecular complexity index is 1450. The summed E-state index contributed by atoms with van der Waals surface area (Å²) >= 11 is 0. The van der Waals surface area contributed by atoms with Gasteiger partial charge in [0.15, 0.2) is 11.4 Å². The average Bonchev–Trinajstić information content (AvgIpc) is 3.14. The van der Waals surface area contributed by atoms with Crippen molar-refractivity contribution in [3.8, 4) is 5.75 Å². The van der Waals surface area contributed by atoms with E-state index in [0.717, 1.165) is 18.4 Å². The number of aromatic nitrogens is 1. The van der Waals surface area contributed by atoms with E-state index in [4.69, 9.17) is 0 Å². The minimum Gasteiger partial charge on any atom is -0.502 e. The molecule has 4 aromatic rings. The Labute approximate surface area is 209 Å². The van der Waals surface area contributed by atoms with Crippen molar-refractivity contribution in [3.05, 3.63) is 135 Å². The highest BCUT2D eigenvalue weighted by molar-refractivity contribution is 5.95. The Kier molecular flexibility index (Phi) is 5.56. The van der Waals surface area contributed by atoms with Gasteiger partial charge in [-0.15, -0.1) is 0 Å². The van der Waals surface area contributed by atoms with E-state index in [1.54, 1.807) is 10.9 Å². The van der Waals surface area contributed by atoms with Gasteiger partial charge in [-0.05, 0) is 47.1 Å². The van der Waals surface area contributed by atoms with Gasteiger partial charge in [0, 0.05) is 12.3 Å². The Balaban J connectivity index is 1.56. The van der Waals surface area contributed by atoms with Crippen LogP contribution in [0, 0.1) is 0 Å². The molecule has 3 aromatic carbocycles. The number of rotatable bonds is 3. The molecule has 1 aromatic heterocycles. The van der Waals surface area contributed by atoms with Crippen molar-refractivity contribution in [2.75, 3.05) is 11.6 Å². The number of carbonyl (C=O) groups excluding carboxylic acids is 1. The van der Waals surface area contributed by atoms with Crippen LogP contribution in [0.3, 0.4) is 0 Å². The van der Waals surface area contributed by atoms with Crippen molar-refractivity contribution < 1.29 is 9.90 Å². The number of pyridine rings is 1. The van der Waals surface area contributed by atoms with Gasteiger partial charge in [-0.1, -0.05) is 78.9 Å². The first-order valence-corrected chi connectivity index (χ1v) is 12.3. The van der Waals surface area contributed by atoms with Crippen molar-refractivity contribution in [1.82, 2.24) is 9.99 Å². The van der Waals surface area contributed by atoms with Gasteiger partial charge in [0.05, 0.1) is 18.6 Å². The number of aromatic hydroxyl groups is 1. The maximum atomic E-state index is 13.4. The van der Waals surface area contributed by atoms with Crippen LogP contribution in [0.25, 0.3) is 0 Å². The predicted molar refractivity (Wildman–Crippen MR) is 139 cm³/mol. The second-order valence-corrected chi connectivity index (χ2v) is 9.50. The fraction of sp³-hybridized carbons (Fsp3) is 0.200. The molecule has 1 amide bonds. The molecule has 36 heavy (non-hydrogen) atoms. The van der Waals surface area contributed by atoms with Gasteiger partial charge in [-0.25, -0.2) is 0 Å². The third-order valence-corrected chi connectivity index (χ3v) is 7.27. The third kappa shape index (κ3) is 3.85. The van der Waals surface area contributed by atoms with Gasteiger partial charge < -0.3 is 10.4 Å². The highest BCUT2D eigenvalue weighted by atomic mass is 16.3. The molecule has 2 heterocycles. The van der Waals surface area contributed by atoms with Crippen LogP contribution in [0.1, 0.15) is 44.3 Å². The summed E-state index contributed by atoms with van der Waals surface area (Å²) in [6.45, 7) is 0.489. The largest absolute Gasteiger partial charge is 0.502 e. The minimum atomic E-state index is -0.570. The number of aryl methyl sites for hydroxylation is 2. The molecule has 0 saturated carbocycles. The van der Waals surface area contributed by atoms with Crippen LogP contribution in [0.15, 0.2) is 95.9 Å². The van der Waals surface area contributed by atoms with Crippen LogP contribution in [0.5, 0.6) is 5.75 Å². The predicted octanol–water partition coefficient (Wildman–Crippen LogP) is 3.73. The van der Waals surface area contributed by atoms with Crippen LogP contribution in [0.2, 0.25) is 0 Å². The van der Waals surface area contributed by atoms with Crippen molar-refractivity contribution in [2.45, 2.75) is 31.3 Å². The molecule has 6 heteroatoms. The molecule has 6 nitrogen and oxygen atoms in total. The van der Waals surface area contributed by atoms with Gasteiger partial charge in [0.1, 0.15) is 0 Å². The first-order chi connectivity index (χ1) is 17.6. The minimum absolute atomic E-state index is 0.0303. The second kappa shape index (κ2) is 9.04. The Morgan fingerprint density at radius 1 is 0.806 bits per heavy atom. The molecule has 2 N–H and O–H groups in total. The molecule has 1 aliphatic heterocycles. The van der Waals surface area contributed by atoms with Gasteiger partial charge in [-0.3, -0.25) is 19.3 Å². The smallest absolute Gasteiger partial charge is 0.274 e. The number of hydrogen-bond donors (Lipinski definition) is 2. The lowest BCUT2D eigenvalue weighted by Crippen LogP contribution is -2.46. The third-order valence-electron chi connectivity index (χ3n) is 7.27. The van der Waals surface area contributed by atoms with Crippen molar-refractivity contribution in [1.29, 1.82) is 0 Å². The van der Waals surface area contributed by atoms with Crippen LogP contribution in [0.4, 0.5) is 0 Å². The lowest BCUT2D eigenvalue weighted by atomic mass is 9.93. The molecular weight excluding hydrogens is 450 g/mol. The van der Waals surface area contributed by atoms with Gasteiger partial charge in [0.25, 0.3) is 5.91 Å². The quantitative estimate of drug-likeness (QED) is 0.472. The molecule has 0 radical (unpaired) electrons. The summed E-state index contributed by atoms with van der Waals surface area (Å²) in [5, 5.41) is 16.0. The van der Waals surface area contributed by atoms with Crippen molar-refractivity contribution in [3.63, 3.8) is 0 Å². The lowest BCUT2D eigenvalue weighted by molar-refractivity contribution is 0.0933. The SMILES string of the molecule is O=C1N[C@H](Cc2ccccc2)CN(C2c3ccccc3CCc3ccccc32)n2ccc(=O)c(O)c21. The maximum Gasteiger partial charge on any atom is 0.274 e. The summed E-state index contributed by atoms with van der Waals surface area (Å²) in [6.07, 6.45) is 4.07. The molecule has 0 fully saturated rings. The van der Waals surface area contributed by atoms with E-state index in [1.165, 1.54) is 28.3 Å².